The Morgan fingerprint density at radius 1 is 1.00 bits per heavy atom. The summed E-state index contributed by atoms with van der Waals surface area (Å²) in [6, 6.07) is 0. The van der Waals surface area contributed by atoms with E-state index in [-0.39, 0.29) is 0 Å². The molecule has 0 unspecified atom stereocenters. The fraction of sp³-hybridized carbons (Fsp3) is 0.333. The first kappa shape index (κ1) is 9.41. The zero-order chi connectivity index (χ0) is 6.95. The van der Waals surface area contributed by atoms with E-state index in [1.165, 1.54) is 11.1 Å². The molecule has 0 aliphatic carbocycles. The van der Waals surface area contributed by atoms with Gasteiger partial charge in [0.05, 0.1) is 0 Å². The summed E-state index contributed by atoms with van der Waals surface area (Å²) in [5, 5.41) is 0. The summed E-state index contributed by atoms with van der Waals surface area (Å²) in [5.74, 6) is 1.90. The van der Waals surface area contributed by atoms with Gasteiger partial charge in [0.2, 0.25) is 0 Å². The van der Waals surface area contributed by atoms with E-state index in [2.05, 4.69) is 0 Å². The Labute approximate surface area is 69.9 Å². The maximum atomic E-state index is 5.28. The van der Waals surface area contributed by atoms with Crippen LogP contribution in [0.1, 0.15) is 0 Å². The minimum atomic E-state index is 0.949. The maximum absolute atomic E-state index is 5.28. The minimum Gasteiger partial charge on any atom is -0.154 e. The predicted molar refractivity (Wildman–Crippen MR) is 47.3 cm³/mol. The van der Waals surface area contributed by atoms with Gasteiger partial charge in [-0.1, -0.05) is 35.4 Å². The Hall–Kier alpha value is 0.410. The van der Waals surface area contributed by atoms with Crippen molar-refractivity contribution < 1.29 is 0 Å². The van der Waals surface area contributed by atoms with Gasteiger partial charge in [-0.25, -0.2) is 0 Å². The van der Waals surface area contributed by atoms with Crippen LogP contribution in [-0.4, -0.2) is 11.5 Å². The van der Waals surface area contributed by atoms with E-state index in [1.807, 2.05) is 12.2 Å². The van der Waals surface area contributed by atoms with E-state index in [1.54, 1.807) is 11.8 Å². The number of halogens is 2. The summed E-state index contributed by atoms with van der Waals surface area (Å²) in [5.41, 5.74) is 3.05. The predicted octanol–water partition coefficient (Wildman–Crippen LogP) is 3.22. The third-order valence-corrected chi connectivity index (χ3v) is 1.82. The van der Waals surface area contributed by atoms with Gasteiger partial charge in [0, 0.05) is 22.6 Å². The average Bonchev–Trinajstić information content (AvgIpc) is 1.89. The van der Waals surface area contributed by atoms with Crippen LogP contribution in [0.25, 0.3) is 0 Å². The van der Waals surface area contributed by atoms with Crippen molar-refractivity contribution >= 4 is 35.0 Å². The quantitative estimate of drug-likeness (QED) is 0.603. The lowest BCUT2D eigenvalue weighted by Gasteiger charge is -1.86. The minimum absolute atomic E-state index is 0.949. The monoisotopic (exact) mass is 182 g/mol. The van der Waals surface area contributed by atoms with E-state index in [0.717, 1.165) is 11.5 Å². The van der Waals surface area contributed by atoms with Crippen molar-refractivity contribution in [1.29, 1.82) is 0 Å². The first-order valence-electron chi connectivity index (χ1n) is 2.50. The summed E-state index contributed by atoms with van der Waals surface area (Å²) in [6.07, 6.45) is 3.79. The molecular weight excluding hydrogens is 175 g/mol. The van der Waals surface area contributed by atoms with E-state index in [0.29, 0.717) is 0 Å². The molecule has 0 saturated heterocycles. The molecule has 9 heavy (non-hydrogen) atoms. The lowest BCUT2D eigenvalue weighted by Crippen LogP contribution is -1.71. The van der Waals surface area contributed by atoms with Gasteiger partial charge in [-0.15, -0.1) is 0 Å². The molecule has 0 rings (SSSR count). The summed E-state index contributed by atoms with van der Waals surface area (Å²) >= 11 is 12.3. The Morgan fingerprint density at radius 2 is 1.44 bits per heavy atom. The number of hydrogen-bond donors (Lipinski definition) is 0. The summed E-state index contributed by atoms with van der Waals surface area (Å²) < 4.78 is 0. The molecule has 0 radical (unpaired) electrons. The molecule has 0 aromatic carbocycles. The first-order chi connectivity index (χ1) is 4.41. The van der Waals surface area contributed by atoms with Gasteiger partial charge in [-0.2, -0.15) is 11.8 Å². The first-order valence-corrected chi connectivity index (χ1v) is 4.52. The summed E-state index contributed by atoms with van der Waals surface area (Å²) in [6.45, 7) is 0. The molecule has 0 saturated carbocycles. The van der Waals surface area contributed by atoms with Crippen LogP contribution in [0.15, 0.2) is 23.2 Å². The van der Waals surface area contributed by atoms with Crippen LogP contribution in [0.5, 0.6) is 0 Å². The second kappa shape index (κ2) is 8.41. The fourth-order valence-corrected chi connectivity index (χ4v) is 1.27. The maximum Gasteiger partial charge on any atom is 0.0128 e. The average molecular weight is 183 g/mol. The SMILES string of the molecule is ClC=CCSCC=CCl. The zero-order valence-corrected chi connectivity index (χ0v) is 7.22. The second-order valence-corrected chi connectivity index (χ2v) is 2.84. The normalized spacial score (nSPS) is 11.8. The standard InChI is InChI=1S/C6H8Cl2S/c7-3-1-5-9-6-2-4-8/h1-4H,5-6H2. The number of rotatable bonds is 4. The Morgan fingerprint density at radius 3 is 1.78 bits per heavy atom. The van der Waals surface area contributed by atoms with Crippen LogP contribution in [0.3, 0.4) is 0 Å². The lowest BCUT2D eigenvalue weighted by atomic mass is 10.7. The largest absolute Gasteiger partial charge is 0.154 e. The number of thioether (sulfide) groups is 1. The molecule has 0 fully saturated rings. The van der Waals surface area contributed by atoms with E-state index < -0.39 is 0 Å². The highest BCUT2D eigenvalue weighted by molar-refractivity contribution is 7.99. The van der Waals surface area contributed by atoms with E-state index in [4.69, 9.17) is 23.2 Å². The molecule has 0 heterocycles. The van der Waals surface area contributed by atoms with Crippen LogP contribution in [0.4, 0.5) is 0 Å². The molecule has 0 N–H and O–H groups in total. The highest BCUT2D eigenvalue weighted by Crippen LogP contribution is 2.00. The highest BCUT2D eigenvalue weighted by atomic mass is 35.5. The van der Waals surface area contributed by atoms with Crippen molar-refractivity contribution in [3.63, 3.8) is 0 Å². The van der Waals surface area contributed by atoms with Gasteiger partial charge < -0.3 is 0 Å². The molecule has 0 bridgehead atoms. The third kappa shape index (κ3) is 8.41. The van der Waals surface area contributed by atoms with Crippen LogP contribution < -0.4 is 0 Å². The molecule has 0 nitrogen and oxygen atoms in total. The van der Waals surface area contributed by atoms with Crippen LogP contribution >= 0.6 is 35.0 Å². The van der Waals surface area contributed by atoms with E-state index in [9.17, 15) is 0 Å². The van der Waals surface area contributed by atoms with Crippen molar-refractivity contribution in [2.45, 2.75) is 0 Å². The molecule has 0 aliphatic heterocycles. The molecule has 0 aromatic rings. The molecule has 52 valence electrons. The molecule has 0 atom stereocenters. The van der Waals surface area contributed by atoms with Gasteiger partial charge >= 0.3 is 0 Å². The van der Waals surface area contributed by atoms with Crippen LogP contribution in [-0.2, 0) is 0 Å². The Balaban J connectivity index is 2.91. The van der Waals surface area contributed by atoms with Crippen molar-refractivity contribution in [3.8, 4) is 0 Å². The Kier molecular flexibility index (Phi) is 8.79. The molecule has 3 heteroatoms. The van der Waals surface area contributed by atoms with Gasteiger partial charge in [0.15, 0.2) is 0 Å². The van der Waals surface area contributed by atoms with Crippen molar-refractivity contribution in [3.05, 3.63) is 23.2 Å². The zero-order valence-electron chi connectivity index (χ0n) is 4.89. The van der Waals surface area contributed by atoms with Crippen molar-refractivity contribution in [1.82, 2.24) is 0 Å². The smallest absolute Gasteiger partial charge is 0.0128 e. The molecule has 0 spiro atoms. The van der Waals surface area contributed by atoms with Crippen molar-refractivity contribution in [2.75, 3.05) is 11.5 Å². The van der Waals surface area contributed by atoms with Crippen LogP contribution in [0.2, 0.25) is 0 Å². The molecule has 0 amide bonds. The van der Waals surface area contributed by atoms with E-state index >= 15 is 0 Å². The van der Waals surface area contributed by atoms with Gasteiger partial charge in [0.25, 0.3) is 0 Å². The topological polar surface area (TPSA) is 0 Å². The summed E-state index contributed by atoms with van der Waals surface area (Å²) in [7, 11) is 0. The van der Waals surface area contributed by atoms with Crippen molar-refractivity contribution in [2.24, 2.45) is 0 Å². The lowest BCUT2D eigenvalue weighted by molar-refractivity contribution is 1.73. The Bertz CT molecular complexity index is 87.2. The van der Waals surface area contributed by atoms with Gasteiger partial charge in [-0.05, 0) is 0 Å². The molecule has 0 aromatic heterocycles. The van der Waals surface area contributed by atoms with Gasteiger partial charge in [-0.3, -0.25) is 0 Å². The number of hydrogen-bond acceptors (Lipinski definition) is 1. The third-order valence-electron chi connectivity index (χ3n) is 0.606. The second-order valence-electron chi connectivity index (χ2n) is 1.26. The highest BCUT2D eigenvalue weighted by Gasteiger charge is 1.77. The molecule has 0 aliphatic rings. The van der Waals surface area contributed by atoms with Gasteiger partial charge in [0.1, 0.15) is 0 Å². The fourth-order valence-electron chi connectivity index (χ4n) is 0.277. The van der Waals surface area contributed by atoms with Crippen LogP contribution in [0, 0.1) is 0 Å². The summed E-state index contributed by atoms with van der Waals surface area (Å²) in [4.78, 5) is 0. The molecular formula is C6H8Cl2S.